The van der Waals surface area contributed by atoms with Crippen molar-refractivity contribution < 1.29 is 22.7 Å². The number of benzene rings is 1. The van der Waals surface area contributed by atoms with E-state index in [0.717, 1.165) is 11.8 Å². The molecule has 2 N–H and O–H groups in total. The number of esters is 1. The number of nitrogens with zero attached hydrogens (tertiary/aromatic N) is 1. The Balaban J connectivity index is 2.57. The van der Waals surface area contributed by atoms with Crippen molar-refractivity contribution in [3.8, 4) is 0 Å². The van der Waals surface area contributed by atoms with Crippen LogP contribution in [-0.2, 0) is 4.74 Å². The molecule has 0 saturated heterocycles. The van der Waals surface area contributed by atoms with Gasteiger partial charge in [-0.25, -0.2) is 18.0 Å². The summed E-state index contributed by atoms with van der Waals surface area (Å²) in [7, 11) is 0. The van der Waals surface area contributed by atoms with Crippen LogP contribution in [0.5, 0.6) is 0 Å². The lowest BCUT2D eigenvalue weighted by molar-refractivity contribution is 0.0519. The summed E-state index contributed by atoms with van der Waals surface area (Å²) in [5.41, 5.74) is 2.96. The first-order valence-corrected chi connectivity index (χ1v) is 8.13. The first-order chi connectivity index (χ1) is 11.3. The molecular weight excluding hydrogens is 345 g/mol. The Labute approximate surface area is 138 Å². The Morgan fingerprint density at radius 1 is 1.33 bits per heavy atom. The van der Waals surface area contributed by atoms with E-state index in [-0.39, 0.29) is 23.2 Å². The molecule has 0 saturated carbocycles. The molecule has 24 heavy (non-hydrogen) atoms. The number of ether oxygens (including phenoxy) is 1. The lowest BCUT2D eigenvalue weighted by Crippen LogP contribution is -2.25. The Morgan fingerprint density at radius 2 is 2.00 bits per heavy atom. The minimum absolute atomic E-state index is 0.0254. The molecule has 0 amide bonds. The second kappa shape index (κ2) is 5.73. The van der Waals surface area contributed by atoms with Gasteiger partial charge in [-0.15, -0.1) is 11.8 Å². The van der Waals surface area contributed by atoms with Gasteiger partial charge in [0.1, 0.15) is 5.56 Å². The molecule has 3 rings (SSSR count). The predicted octanol–water partition coefficient (Wildman–Crippen LogP) is 2.84. The van der Waals surface area contributed by atoms with Crippen molar-refractivity contribution in [2.75, 3.05) is 18.1 Å². The molecule has 9 heteroatoms. The van der Waals surface area contributed by atoms with E-state index in [2.05, 4.69) is 0 Å². The van der Waals surface area contributed by atoms with Gasteiger partial charge >= 0.3 is 5.97 Å². The van der Waals surface area contributed by atoms with Crippen molar-refractivity contribution in [2.45, 2.75) is 24.9 Å². The van der Waals surface area contributed by atoms with Crippen LogP contribution >= 0.6 is 11.8 Å². The van der Waals surface area contributed by atoms with Crippen LogP contribution in [0.25, 0.3) is 10.9 Å². The average molecular weight is 358 g/mol. The number of thioether (sulfide) groups is 1. The topological polar surface area (TPSA) is 74.3 Å². The molecule has 0 fully saturated rings. The molecule has 1 aliphatic rings. The zero-order valence-electron chi connectivity index (χ0n) is 12.8. The number of aromatic nitrogens is 1. The minimum atomic E-state index is -1.75. The molecule has 128 valence electrons. The Bertz CT molecular complexity index is 942. The quantitative estimate of drug-likeness (QED) is 0.508. The average Bonchev–Trinajstić information content (AvgIpc) is 2.91. The lowest BCUT2D eigenvalue weighted by Gasteiger charge is -2.18. The molecule has 0 bridgehead atoms. The Morgan fingerprint density at radius 3 is 2.62 bits per heavy atom. The summed E-state index contributed by atoms with van der Waals surface area (Å²) in [6, 6.07) is -0.347. The third kappa shape index (κ3) is 2.10. The van der Waals surface area contributed by atoms with E-state index in [1.165, 1.54) is 4.57 Å². The molecule has 1 aliphatic heterocycles. The lowest BCUT2D eigenvalue weighted by atomic mass is 10.1. The number of hydrogen-bond donors (Lipinski definition) is 1. The van der Waals surface area contributed by atoms with Crippen LogP contribution < -0.4 is 11.2 Å². The number of anilines is 1. The van der Waals surface area contributed by atoms with E-state index in [9.17, 15) is 22.8 Å². The molecule has 5 nitrogen and oxygen atoms in total. The fourth-order valence-electron chi connectivity index (χ4n) is 2.79. The van der Waals surface area contributed by atoms with Crippen molar-refractivity contribution in [2.24, 2.45) is 0 Å². The van der Waals surface area contributed by atoms with Crippen LogP contribution in [0.1, 0.15) is 30.2 Å². The maximum absolute atomic E-state index is 14.4. The summed E-state index contributed by atoms with van der Waals surface area (Å²) in [4.78, 5) is 24.9. The van der Waals surface area contributed by atoms with Gasteiger partial charge in [0.15, 0.2) is 17.5 Å². The largest absolute Gasteiger partial charge is 0.462 e. The summed E-state index contributed by atoms with van der Waals surface area (Å²) >= 11 is 1.15. The van der Waals surface area contributed by atoms with Crippen LogP contribution in [0, 0.1) is 17.5 Å². The third-order valence-electron chi connectivity index (χ3n) is 3.85. The number of halogens is 3. The number of fused-ring (bicyclic) bond motifs is 3. The van der Waals surface area contributed by atoms with Crippen LogP contribution in [-0.4, -0.2) is 22.9 Å². The number of carbonyl (C=O) groups is 1. The van der Waals surface area contributed by atoms with Crippen LogP contribution in [0.3, 0.4) is 0 Å². The second-order valence-electron chi connectivity index (χ2n) is 5.34. The number of nitrogens with two attached hydrogens (primary N) is 1. The molecule has 0 radical (unpaired) electrons. The van der Waals surface area contributed by atoms with Crippen molar-refractivity contribution in [1.82, 2.24) is 4.57 Å². The maximum atomic E-state index is 14.4. The summed E-state index contributed by atoms with van der Waals surface area (Å²) < 4.78 is 48.2. The highest BCUT2D eigenvalue weighted by molar-refractivity contribution is 7.99. The maximum Gasteiger partial charge on any atom is 0.344 e. The normalized spacial score (nSPS) is 16.5. The third-order valence-corrected chi connectivity index (χ3v) is 5.17. The molecule has 1 aromatic carbocycles. The Hall–Kier alpha value is -2.16. The van der Waals surface area contributed by atoms with E-state index >= 15 is 0 Å². The zero-order valence-corrected chi connectivity index (χ0v) is 13.6. The summed E-state index contributed by atoms with van der Waals surface area (Å²) in [6.07, 6.45) is 0. The van der Waals surface area contributed by atoms with Crippen molar-refractivity contribution in [3.05, 3.63) is 33.2 Å². The number of rotatable bonds is 2. The predicted molar refractivity (Wildman–Crippen MR) is 83.9 cm³/mol. The highest BCUT2D eigenvalue weighted by atomic mass is 32.2. The highest BCUT2D eigenvalue weighted by Gasteiger charge is 2.34. The summed E-state index contributed by atoms with van der Waals surface area (Å²) in [5, 5.41) is -0.379. The first-order valence-electron chi connectivity index (χ1n) is 7.15. The number of pyridine rings is 1. The second-order valence-corrected chi connectivity index (χ2v) is 6.35. The van der Waals surface area contributed by atoms with E-state index in [4.69, 9.17) is 10.5 Å². The van der Waals surface area contributed by atoms with Crippen LogP contribution in [0.4, 0.5) is 18.9 Å². The van der Waals surface area contributed by atoms with Gasteiger partial charge in [0.05, 0.1) is 28.2 Å². The van der Waals surface area contributed by atoms with Crippen molar-refractivity contribution in [3.63, 3.8) is 0 Å². The van der Waals surface area contributed by atoms with Gasteiger partial charge in [0.2, 0.25) is 5.43 Å². The standard InChI is InChI=1S/C15H13F3N2O3S/c1-3-23-15(22)7-13(21)6-11(19)9(17)8(16)10(18)12(6)20-5(2)4-24-14(7)20/h5H,3-4,19H2,1-2H3/t5-/m1/s1. The molecule has 0 aliphatic carbocycles. The molecule has 1 atom stereocenters. The number of nitrogen functional groups attached to an aromatic ring is 1. The van der Waals surface area contributed by atoms with Crippen LogP contribution in [0.15, 0.2) is 9.82 Å². The van der Waals surface area contributed by atoms with Gasteiger partial charge in [-0.05, 0) is 13.8 Å². The van der Waals surface area contributed by atoms with Crippen molar-refractivity contribution >= 4 is 34.3 Å². The van der Waals surface area contributed by atoms with E-state index in [1.807, 2.05) is 0 Å². The SMILES string of the molecule is CCOC(=O)c1c2n(c3c(F)c(F)c(F)c(N)c3c1=O)[C@H](C)CS2. The highest BCUT2D eigenvalue weighted by Crippen LogP contribution is 2.40. The summed E-state index contributed by atoms with van der Waals surface area (Å²) in [5.74, 6) is -5.37. The summed E-state index contributed by atoms with van der Waals surface area (Å²) in [6.45, 7) is 3.30. The number of hydrogen-bond acceptors (Lipinski definition) is 5. The molecule has 0 unspecified atom stereocenters. The van der Waals surface area contributed by atoms with Gasteiger partial charge in [-0.2, -0.15) is 0 Å². The van der Waals surface area contributed by atoms with E-state index < -0.39 is 45.4 Å². The smallest absolute Gasteiger partial charge is 0.344 e. The van der Waals surface area contributed by atoms with Gasteiger partial charge in [0, 0.05) is 11.8 Å². The van der Waals surface area contributed by atoms with E-state index in [1.54, 1.807) is 13.8 Å². The molecular formula is C15H13F3N2O3S. The number of carbonyl (C=O) groups excluding carboxylic acids is 1. The fourth-order valence-corrected chi connectivity index (χ4v) is 4.06. The minimum Gasteiger partial charge on any atom is -0.462 e. The molecule has 1 aromatic heterocycles. The Kier molecular flexibility index (Phi) is 3.98. The molecule has 2 aromatic rings. The van der Waals surface area contributed by atoms with E-state index in [0.29, 0.717) is 5.75 Å². The van der Waals surface area contributed by atoms with Gasteiger partial charge in [0.25, 0.3) is 0 Å². The van der Waals surface area contributed by atoms with Gasteiger partial charge < -0.3 is 15.0 Å². The van der Waals surface area contributed by atoms with Gasteiger partial charge in [-0.3, -0.25) is 4.79 Å². The van der Waals surface area contributed by atoms with Gasteiger partial charge in [-0.1, -0.05) is 0 Å². The zero-order chi connectivity index (χ0) is 17.8. The molecule has 2 heterocycles. The first kappa shape index (κ1) is 16.7. The monoisotopic (exact) mass is 358 g/mol. The van der Waals surface area contributed by atoms with Crippen molar-refractivity contribution in [1.29, 1.82) is 0 Å². The fraction of sp³-hybridized carbons (Fsp3) is 0.333. The molecule has 0 spiro atoms. The van der Waals surface area contributed by atoms with Crippen LogP contribution in [0.2, 0.25) is 0 Å².